The first kappa shape index (κ1) is 15.6. The van der Waals surface area contributed by atoms with Gasteiger partial charge in [-0.1, -0.05) is 0 Å². The van der Waals surface area contributed by atoms with Crippen LogP contribution in [0, 0.1) is 0 Å². The summed E-state index contributed by atoms with van der Waals surface area (Å²) < 4.78 is 0.846. The van der Waals surface area contributed by atoms with Crippen molar-refractivity contribution >= 4 is 33.6 Å². The lowest BCUT2D eigenvalue weighted by Crippen LogP contribution is -2.38. The van der Waals surface area contributed by atoms with Crippen LogP contribution in [0.2, 0.25) is 0 Å². The molecule has 0 aliphatic carbocycles. The Labute approximate surface area is 120 Å². The maximum absolute atomic E-state index is 11.7. The molecule has 0 spiro atoms. The number of likely N-dealkylation sites (N-methyl/N-ethyl adjacent to an activating group) is 2. The highest BCUT2D eigenvalue weighted by Gasteiger charge is 2.10. The predicted octanol–water partition coefficient (Wildman–Crippen LogP) is 0.850. The van der Waals surface area contributed by atoms with Crippen LogP contribution in [0.4, 0.5) is 5.82 Å². The van der Waals surface area contributed by atoms with E-state index in [-0.39, 0.29) is 24.9 Å². The van der Waals surface area contributed by atoms with Crippen molar-refractivity contribution in [1.82, 2.24) is 15.2 Å². The molecule has 1 aromatic rings. The second kappa shape index (κ2) is 7.85. The first-order chi connectivity index (χ1) is 9.01. The molecule has 2 N–H and O–H groups in total. The van der Waals surface area contributed by atoms with Crippen molar-refractivity contribution in [3.63, 3.8) is 0 Å². The minimum absolute atomic E-state index is 0.0976. The molecule has 1 rings (SSSR count). The molecule has 0 aliphatic heterocycles. The molecular formula is C12H17BrN4O2. The maximum Gasteiger partial charge on any atom is 0.239 e. The largest absolute Gasteiger partial charge is 0.355 e. The summed E-state index contributed by atoms with van der Waals surface area (Å²) in [5.74, 6) is 0.181. The van der Waals surface area contributed by atoms with E-state index in [2.05, 4.69) is 31.5 Å². The molecule has 19 heavy (non-hydrogen) atoms. The van der Waals surface area contributed by atoms with Crippen LogP contribution in [0.3, 0.4) is 0 Å². The second-order valence-electron chi connectivity index (χ2n) is 4.04. The van der Waals surface area contributed by atoms with Gasteiger partial charge < -0.3 is 10.6 Å². The van der Waals surface area contributed by atoms with Crippen LogP contribution in [0.1, 0.15) is 6.92 Å². The molecule has 0 fully saturated rings. The molecule has 0 bridgehead atoms. The minimum Gasteiger partial charge on any atom is -0.355 e. The monoisotopic (exact) mass is 328 g/mol. The number of carbonyl (C=O) groups excluding carboxylic acids is 2. The molecule has 1 heterocycles. The highest BCUT2D eigenvalue weighted by atomic mass is 79.9. The number of carbonyl (C=O) groups is 2. The number of nitrogens with zero attached hydrogens (tertiary/aromatic N) is 2. The first-order valence-corrected chi connectivity index (χ1v) is 6.67. The summed E-state index contributed by atoms with van der Waals surface area (Å²) in [6.07, 6.45) is 1.61. The van der Waals surface area contributed by atoms with E-state index in [0.717, 1.165) is 4.47 Å². The highest BCUT2D eigenvalue weighted by molar-refractivity contribution is 9.10. The molecule has 6 nitrogen and oxygen atoms in total. The van der Waals surface area contributed by atoms with E-state index in [4.69, 9.17) is 0 Å². The quantitative estimate of drug-likeness (QED) is 0.811. The lowest BCUT2D eigenvalue weighted by Gasteiger charge is -2.15. The molecule has 0 saturated heterocycles. The molecule has 0 saturated carbocycles. The van der Waals surface area contributed by atoms with Gasteiger partial charge in [-0.3, -0.25) is 14.5 Å². The average Bonchev–Trinajstić information content (AvgIpc) is 2.32. The molecule has 2 amide bonds. The van der Waals surface area contributed by atoms with Gasteiger partial charge in [-0.25, -0.2) is 4.98 Å². The summed E-state index contributed by atoms with van der Waals surface area (Å²) in [4.78, 5) is 28.7. The van der Waals surface area contributed by atoms with Gasteiger partial charge in [-0.2, -0.15) is 0 Å². The van der Waals surface area contributed by atoms with Crippen molar-refractivity contribution in [1.29, 1.82) is 0 Å². The highest BCUT2D eigenvalue weighted by Crippen LogP contribution is 2.10. The number of hydrogen-bond acceptors (Lipinski definition) is 4. The van der Waals surface area contributed by atoms with Gasteiger partial charge in [0.1, 0.15) is 5.82 Å². The van der Waals surface area contributed by atoms with Gasteiger partial charge in [0.15, 0.2) is 0 Å². The summed E-state index contributed by atoms with van der Waals surface area (Å²) in [5.41, 5.74) is 0. The zero-order chi connectivity index (χ0) is 14.3. The third kappa shape index (κ3) is 6.30. The summed E-state index contributed by atoms with van der Waals surface area (Å²) in [6.45, 7) is 2.76. The van der Waals surface area contributed by atoms with Crippen LogP contribution < -0.4 is 10.6 Å². The molecular weight excluding hydrogens is 312 g/mol. The van der Waals surface area contributed by atoms with Crippen LogP contribution in [0.25, 0.3) is 0 Å². The number of nitrogens with one attached hydrogen (secondary N) is 2. The molecule has 0 atom stereocenters. The van der Waals surface area contributed by atoms with Crippen molar-refractivity contribution in [2.45, 2.75) is 6.92 Å². The van der Waals surface area contributed by atoms with Gasteiger partial charge in [0.05, 0.1) is 13.1 Å². The van der Waals surface area contributed by atoms with Crippen LogP contribution in [0.15, 0.2) is 22.8 Å². The third-order valence-electron chi connectivity index (χ3n) is 2.20. The van der Waals surface area contributed by atoms with E-state index in [1.165, 1.54) is 0 Å². The fraction of sp³-hybridized carbons (Fsp3) is 0.417. The van der Waals surface area contributed by atoms with Crippen molar-refractivity contribution in [3.8, 4) is 0 Å². The van der Waals surface area contributed by atoms with Crippen molar-refractivity contribution < 1.29 is 9.59 Å². The third-order valence-corrected chi connectivity index (χ3v) is 2.66. The Balaban J connectivity index is 2.38. The van der Waals surface area contributed by atoms with Crippen LogP contribution in [-0.4, -0.2) is 48.4 Å². The van der Waals surface area contributed by atoms with Crippen LogP contribution in [-0.2, 0) is 9.59 Å². The number of aromatic nitrogens is 1. The molecule has 104 valence electrons. The van der Waals surface area contributed by atoms with E-state index in [9.17, 15) is 9.59 Å². The van der Waals surface area contributed by atoms with E-state index in [1.54, 1.807) is 30.3 Å². The summed E-state index contributed by atoms with van der Waals surface area (Å²) in [5, 5.41) is 5.34. The Morgan fingerprint density at radius 2 is 2.00 bits per heavy atom. The van der Waals surface area contributed by atoms with Crippen LogP contribution in [0.5, 0.6) is 0 Å². The molecule has 0 unspecified atom stereocenters. The topological polar surface area (TPSA) is 74.3 Å². The number of halogens is 1. The number of pyridine rings is 1. The molecule has 0 radical (unpaired) electrons. The summed E-state index contributed by atoms with van der Waals surface area (Å²) in [7, 11) is 1.71. The van der Waals surface area contributed by atoms with Gasteiger partial charge in [0.25, 0.3) is 0 Å². The first-order valence-electron chi connectivity index (χ1n) is 5.88. The minimum atomic E-state index is -0.207. The lowest BCUT2D eigenvalue weighted by atomic mass is 10.4. The Morgan fingerprint density at radius 3 is 2.58 bits per heavy atom. The van der Waals surface area contributed by atoms with Crippen molar-refractivity contribution in [2.24, 2.45) is 0 Å². The SMILES string of the molecule is CCNC(=O)CN(C)CC(=O)Nc1ccc(Br)cn1. The normalized spacial score (nSPS) is 10.3. The maximum atomic E-state index is 11.7. The smallest absolute Gasteiger partial charge is 0.239 e. The van der Waals surface area contributed by atoms with Gasteiger partial charge in [0, 0.05) is 17.2 Å². The van der Waals surface area contributed by atoms with E-state index >= 15 is 0 Å². The molecule has 0 aromatic carbocycles. The van der Waals surface area contributed by atoms with Gasteiger partial charge in [0.2, 0.25) is 11.8 Å². The lowest BCUT2D eigenvalue weighted by molar-refractivity contribution is -0.122. The van der Waals surface area contributed by atoms with E-state index in [0.29, 0.717) is 12.4 Å². The number of rotatable bonds is 6. The van der Waals surface area contributed by atoms with Crippen LogP contribution >= 0.6 is 15.9 Å². The zero-order valence-corrected chi connectivity index (χ0v) is 12.5. The van der Waals surface area contributed by atoms with Crippen molar-refractivity contribution in [2.75, 3.05) is 32.0 Å². The van der Waals surface area contributed by atoms with Gasteiger partial charge in [-0.05, 0) is 42.0 Å². The number of amides is 2. The number of hydrogen-bond donors (Lipinski definition) is 2. The standard InChI is InChI=1S/C12H17BrN4O2/c1-3-14-11(18)7-17(2)8-12(19)16-10-5-4-9(13)6-15-10/h4-6H,3,7-8H2,1-2H3,(H,14,18)(H,15,16,19). The van der Waals surface area contributed by atoms with Gasteiger partial charge in [-0.15, -0.1) is 0 Å². The second-order valence-corrected chi connectivity index (χ2v) is 4.95. The number of anilines is 1. The fourth-order valence-electron chi connectivity index (χ4n) is 1.43. The Hall–Kier alpha value is -1.47. The Kier molecular flexibility index (Phi) is 6.44. The summed E-state index contributed by atoms with van der Waals surface area (Å²) >= 11 is 3.27. The Bertz CT molecular complexity index is 436. The molecule has 7 heteroatoms. The molecule has 1 aromatic heterocycles. The van der Waals surface area contributed by atoms with E-state index < -0.39 is 0 Å². The molecule has 0 aliphatic rings. The predicted molar refractivity (Wildman–Crippen MR) is 76.7 cm³/mol. The Morgan fingerprint density at radius 1 is 1.32 bits per heavy atom. The fourth-order valence-corrected chi connectivity index (χ4v) is 1.67. The average molecular weight is 329 g/mol. The van der Waals surface area contributed by atoms with E-state index in [1.807, 2.05) is 6.92 Å². The van der Waals surface area contributed by atoms with Crippen molar-refractivity contribution in [3.05, 3.63) is 22.8 Å². The van der Waals surface area contributed by atoms with Gasteiger partial charge >= 0.3 is 0 Å². The summed E-state index contributed by atoms with van der Waals surface area (Å²) in [6, 6.07) is 3.49. The zero-order valence-electron chi connectivity index (χ0n) is 10.9.